The van der Waals surface area contributed by atoms with Gasteiger partial charge in [0.25, 0.3) is 5.79 Å². The molecule has 12 heteroatoms. The van der Waals surface area contributed by atoms with E-state index in [0.717, 1.165) is 25.7 Å². The maximum atomic E-state index is 12.9. The van der Waals surface area contributed by atoms with Crippen LogP contribution < -0.4 is 0 Å². The van der Waals surface area contributed by atoms with Crippen molar-refractivity contribution in [1.29, 1.82) is 0 Å². The summed E-state index contributed by atoms with van der Waals surface area (Å²) in [7, 11) is 0. The van der Waals surface area contributed by atoms with E-state index in [1.165, 1.54) is 25.7 Å². The summed E-state index contributed by atoms with van der Waals surface area (Å²) >= 11 is 0. The molecule has 2 heterocycles. The number of esters is 1. The van der Waals surface area contributed by atoms with Gasteiger partial charge in [-0.1, -0.05) is 58.3 Å². The van der Waals surface area contributed by atoms with Crippen LogP contribution in [0.1, 0.15) is 71.1 Å². The molecule has 2 rings (SSSR count). The minimum absolute atomic E-state index is 0.125. The van der Waals surface area contributed by atoms with Crippen LogP contribution in [0.2, 0.25) is 0 Å². The lowest BCUT2D eigenvalue weighted by molar-refractivity contribution is -0.415. The van der Waals surface area contributed by atoms with Gasteiger partial charge in [-0.15, -0.1) is 0 Å². The van der Waals surface area contributed by atoms with Crippen LogP contribution in [0.3, 0.4) is 0 Å². The first kappa shape index (κ1) is 31.3. The van der Waals surface area contributed by atoms with Crippen LogP contribution in [-0.4, -0.2) is 121 Å². The normalized spacial score (nSPS) is 38.9. The molecule has 2 aliphatic rings. The van der Waals surface area contributed by atoms with Gasteiger partial charge in [-0.05, 0) is 6.42 Å². The van der Waals surface area contributed by atoms with Gasteiger partial charge in [0, 0.05) is 6.42 Å². The van der Waals surface area contributed by atoms with E-state index < -0.39 is 79.9 Å². The molecule has 0 bridgehead atoms. The largest absolute Gasteiger partial charge is 0.427 e. The first-order chi connectivity index (χ1) is 17.2. The molecule has 2 saturated heterocycles. The molecule has 0 aromatic carbocycles. The fourth-order valence-electron chi connectivity index (χ4n) is 5.03. The summed E-state index contributed by atoms with van der Waals surface area (Å²) in [6.45, 7) is -0.702. The van der Waals surface area contributed by atoms with Gasteiger partial charge in [0.15, 0.2) is 11.7 Å². The molecule has 0 saturated carbocycles. The van der Waals surface area contributed by atoms with Crippen LogP contribution in [0, 0.1) is 0 Å². The van der Waals surface area contributed by atoms with Gasteiger partial charge in [0.05, 0.1) is 19.8 Å². The van der Waals surface area contributed by atoms with Crippen LogP contribution in [-0.2, 0) is 19.0 Å². The lowest BCUT2D eigenvalue weighted by Crippen LogP contribution is -2.78. The molecular weight excluding hydrogens is 480 g/mol. The zero-order valence-corrected chi connectivity index (χ0v) is 20.9. The van der Waals surface area contributed by atoms with Crippen LogP contribution in [0.25, 0.3) is 0 Å². The van der Waals surface area contributed by atoms with Crippen molar-refractivity contribution in [3.8, 4) is 0 Å². The topological polar surface area (TPSA) is 207 Å². The summed E-state index contributed by atoms with van der Waals surface area (Å²) in [5, 5.41) is 82.2. The van der Waals surface area contributed by atoms with Gasteiger partial charge in [-0.25, -0.2) is 0 Å². The summed E-state index contributed by atoms with van der Waals surface area (Å²) in [6.07, 6.45) is -4.12. The molecule has 0 aromatic rings. The number of carbonyl (C=O) groups is 1. The Bertz CT molecular complexity index is 663. The van der Waals surface area contributed by atoms with Crippen molar-refractivity contribution in [3.05, 3.63) is 0 Å². The number of hydrogen-bond donors (Lipinski definition) is 8. The molecule has 36 heavy (non-hydrogen) atoms. The molecule has 0 aliphatic carbocycles. The molecule has 2 aliphatic heterocycles. The van der Waals surface area contributed by atoms with E-state index in [4.69, 9.17) is 14.2 Å². The second-order valence-corrected chi connectivity index (χ2v) is 9.81. The zero-order chi connectivity index (χ0) is 26.9. The fourth-order valence-corrected chi connectivity index (χ4v) is 5.03. The number of ether oxygens (including phenoxy) is 3. The monoisotopic (exact) mass is 524 g/mol. The molecule has 12 nitrogen and oxygen atoms in total. The Labute approximate surface area is 211 Å². The van der Waals surface area contributed by atoms with E-state index in [-0.39, 0.29) is 6.42 Å². The highest BCUT2D eigenvalue weighted by Crippen LogP contribution is 2.48. The smallest absolute Gasteiger partial charge is 0.308 e. The Morgan fingerprint density at radius 3 is 1.75 bits per heavy atom. The molecule has 2 fully saturated rings. The first-order valence-electron chi connectivity index (χ1n) is 13.0. The van der Waals surface area contributed by atoms with E-state index in [1.54, 1.807) is 0 Å². The molecule has 9 atom stereocenters. The lowest BCUT2D eigenvalue weighted by Gasteiger charge is -2.54. The van der Waals surface area contributed by atoms with Crippen molar-refractivity contribution >= 4 is 5.97 Å². The maximum Gasteiger partial charge on any atom is 0.308 e. The molecule has 0 spiro atoms. The van der Waals surface area contributed by atoms with Gasteiger partial charge in [-0.2, -0.15) is 0 Å². The Kier molecular flexibility index (Phi) is 12.4. The van der Waals surface area contributed by atoms with E-state index in [2.05, 4.69) is 6.92 Å². The van der Waals surface area contributed by atoms with Crippen LogP contribution in [0.5, 0.6) is 0 Å². The third kappa shape index (κ3) is 6.37. The summed E-state index contributed by atoms with van der Waals surface area (Å²) in [5.74, 6) is -3.74. The standard InChI is InChI=1S/C24H44O12/c1-2-3-4-5-6-7-8-9-10-11-17(28)36-24(22(33)20(31)18(29)15(12-25)35-24)23(14-27)21(32)19(30)16(13-26)34-23/h15-16,18-22,25-27,29-33H,2-14H2,1H3/t15-,16-,18-,19-,20+,21+,22-,23+,24+/m1/s1. The van der Waals surface area contributed by atoms with Crippen molar-refractivity contribution < 1.29 is 59.9 Å². The fraction of sp³-hybridized carbons (Fsp3) is 0.958. The predicted molar refractivity (Wildman–Crippen MR) is 124 cm³/mol. The van der Waals surface area contributed by atoms with E-state index in [9.17, 15) is 45.6 Å². The highest BCUT2D eigenvalue weighted by Gasteiger charge is 2.74. The Hall–Kier alpha value is -0.930. The van der Waals surface area contributed by atoms with Gasteiger partial charge in [-0.3, -0.25) is 4.79 Å². The number of unbranched alkanes of at least 4 members (excludes halogenated alkanes) is 8. The van der Waals surface area contributed by atoms with Gasteiger partial charge >= 0.3 is 5.97 Å². The van der Waals surface area contributed by atoms with Crippen LogP contribution in [0.4, 0.5) is 0 Å². The lowest BCUT2D eigenvalue weighted by atomic mass is 9.78. The van der Waals surface area contributed by atoms with E-state index in [0.29, 0.717) is 6.42 Å². The van der Waals surface area contributed by atoms with Crippen LogP contribution in [0.15, 0.2) is 0 Å². The minimum atomic E-state index is -2.82. The van der Waals surface area contributed by atoms with Gasteiger partial charge in [0.1, 0.15) is 36.6 Å². The van der Waals surface area contributed by atoms with Crippen molar-refractivity contribution in [2.75, 3.05) is 19.8 Å². The molecule has 0 unspecified atom stereocenters. The average Bonchev–Trinajstić information content (AvgIpc) is 3.13. The molecule has 212 valence electrons. The Morgan fingerprint density at radius 1 is 0.722 bits per heavy atom. The van der Waals surface area contributed by atoms with Crippen molar-refractivity contribution in [2.45, 2.75) is 125 Å². The maximum absolute atomic E-state index is 12.9. The SMILES string of the molecule is CCCCCCCCCCCC(=O)O[C@@]1([C@@]2(CO)O[C@H](CO)[C@@H](O)[C@@H]2O)O[C@H](CO)[C@@H](O)[C@H](O)[C@H]1O. The predicted octanol–water partition coefficient (Wildman–Crippen LogP) is -1.54. The Morgan fingerprint density at radius 2 is 1.25 bits per heavy atom. The second kappa shape index (κ2) is 14.3. The molecule has 0 radical (unpaired) electrons. The quantitative estimate of drug-likeness (QED) is 0.0906. The van der Waals surface area contributed by atoms with Crippen molar-refractivity contribution in [2.24, 2.45) is 0 Å². The van der Waals surface area contributed by atoms with Crippen molar-refractivity contribution in [1.82, 2.24) is 0 Å². The number of hydrogen-bond acceptors (Lipinski definition) is 12. The Balaban J connectivity index is 2.17. The molecule has 0 amide bonds. The second-order valence-electron chi connectivity index (χ2n) is 9.81. The first-order valence-corrected chi connectivity index (χ1v) is 13.0. The van der Waals surface area contributed by atoms with Crippen LogP contribution >= 0.6 is 0 Å². The van der Waals surface area contributed by atoms with Gasteiger partial charge in [0.2, 0.25) is 0 Å². The summed E-state index contributed by atoms with van der Waals surface area (Å²) < 4.78 is 16.6. The summed E-state index contributed by atoms with van der Waals surface area (Å²) in [4.78, 5) is 12.9. The average molecular weight is 525 g/mol. The number of aliphatic hydroxyl groups excluding tert-OH is 8. The summed E-state index contributed by atoms with van der Waals surface area (Å²) in [6, 6.07) is 0. The molecular formula is C24H44O12. The third-order valence-electron chi connectivity index (χ3n) is 7.25. The highest BCUT2D eigenvalue weighted by molar-refractivity contribution is 5.70. The third-order valence-corrected chi connectivity index (χ3v) is 7.25. The van der Waals surface area contributed by atoms with E-state index >= 15 is 0 Å². The molecule has 0 aromatic heterocycles. The van der Waals surface area contributed by atoms with E-state index in [1.807, 2.05) is 0 Å². The van der Waals surface area contributed by atoms with Crippen molar-refractivity contribution in [3.63, 3.8) is 0 Å². The highest BCUT2D eigenvalue weighted by atomic mass is 16.8. The number of carbonyl (C=O) groups excluding carboxylic acids is 1. The zero-order valence-electron chi connectivity index (χ0n) is 20.9. The minimum Gasteiger partial charge on any atom is -0.427 e. The number of aliphatic hydroxyl groups is 8. The molecule has 8 N–H and O–H groups in total. The van der Waals surface area contributed by atoms with Gasteiger partial charge < -0.3 is 55.1 Å². The summed E-state index contributed by atoms with van der Waals surface area (Å²) in [5.41, 5.74) is -2.55. The number of rotatable bonds is 15.